The number of nitriles is 1. The smallest absolute Gasteiger partial charge is 0.210 e. The fourth-order valence-electron chi connectivity index (χ4n) is 2.92. The summed E-state index contributed by atoms with van der Waals surface area (Å²) >= 11 is 2.70. The second kappa shape index (κ2) is 9.20. The van der Waals surface area contributed by atoms with Gasteiger partial charge in [0.2, 0.25) is 5.13 Å². The highest BCUT2D eigenvalue weighted by Crippen LogP contribution is 2.30. The Balaban J connectivity index is 1.42. The lowest BCUT2D eigenvalue weighted by molar-refractivity contribution is 0.420. The summed E-state index contributed by atoms with van der Waals surface area (Å²) < 4.78 is 0.690. The molecule has 3 N–H and O–H groups in total. The molecule has 2 aromatic heterocycles. The molecule has 31 heavy (non-hydrogen) atoms. The number of benzene rings is 2. The van der Waals surface area contributed by atoms with Gasteiger partial charge in [-0.3, -0.25) is 0 Å². The number of nitrogens with one attached hydrogen (secondary N) is 2. The van der Waals surface area contributed by atoms with E-state index in [1.165, 1.54) is 28.7 Å². The highest BCUT2D eigenvalue weighted by Gasteiger charge is 2.15. The number of hydrogen-bond acceptors (Lipinski definition) is 8. The maximum absolute atomic E-state index is 10.5. The number of aliphatic hydroxyl groups excluding tert-OH is 1. The molecule has 4 aromatic rings. The summed E-state index contributed by atoms with van der Waals surface area (Å²) in [5, 5.41) is 32.2. The normalized spacial score (nSPS) is 12.1. The fourth-order valence-corrected chi connectivity index (χ4v) is 4.57. The van der Waals surface area contributed by atoms with Crippen LogP contribution in [0, 0.1) is 11.3 Å². The Morgan fingerprint density at radius 1 is 1.19 bits per heavy atom. The maximum Gasteiger partial charge on any atom is 0.210 e. The van der Waals surface area contributed by atoms with Crippen LogP contribution in [0.15, 0.2) is 58.6 Å². The van der Waals surface area contributed by atoms with Gasteiger partial charge in [-0.05, 0) is 35.7 Å². The first-order valence-electron chi connectivity index (χ1n) is 9.64. The van der Waals surface area contributed by atoms with E-state index >= 15 is 0 Å². The molecule has 156 valence electrons. The molecule has 0 aliphatic carbocycles. The van der Waals surface area contributed by atoms with Crippen molar-refractivity contribution in [3.8, 4) is 6.07 Å². The molecule has 0 radical (unpaired) electrons. The van der Waals surface area contributed by atoms with Crippen LogP contribution in [0.5, 0.6) is 0 Å². The van der Waals surface area contributed by atoms with Crippen molar-refractivity contribution in [3.05, 3.63) is 65.7 Å². The molecular formula is C22H20N6OS2. The third-order valence-electron chi connectivity index (χ3n) is 4.59. The van der Waals surface area contributed by atoms with Gasteiger partial charge in [-0.1, -0.05) is 61.2 Å². The van der Waals surface area contributed by atoms with Crippen LogP contribution >= 0.6 is 23.1 Å². The number of aromatic amines is 1. The number of aliphatic hydroxyl groups is 1. The van der Waals surface area contributed by atoms with Crippen molar-refractivity contribution in [1.29, 1.82) is 5.26 Å². The van der Waals surface area contributed by atoms with Gasteiger partial charge in [-0.15, -0.1) is 10.2 Å². The molecule has 0 aliphatic rings. The van der Waals surface area contributed by atoms with Crippen LogP contribution in [0.4, 0.5) is 10.8 Å². The predicted octanol–water partition coefficient (Wildman–Crippen LogP) is 5.87. The minimum absolute atomic E-state index is 0.0551. The van der Waals surface area contributed by atoms with Crippen molar-refractivity contribution in [2.24, 2.45) is 0 Å². The van der Waals surface area contributed by atoms with E-state index in [1.54, 1.807) is 0 Å². The SMILES string of the molecule is CC(C)c1ccc(Nc2nnc(SCC(O)=C(C#N)c3nc4ccccc4[nH]3)s2)cc1. The minimum Gasteiger partial charge on any atom is -0.510 e. The molecule has 2 aromatic carbocycles. The molecule has 0 saturated heterocycles. The van der Waals surface area contributed by atoms with Gasteiger partial charge in [0.05, 0.1) is 16.8 Å². The summed E-state index contributed by atoms with van der Waals surface area (Å²) in [6.07, 6.45) is 0. The van der Waals surface area contributed by atoms with Gasteiger partial charge in [-0.2, -0.15) is 5.26 Å². The molecule has 7 nitrogen and oxygen atoms in total. The van der Waals surface area contributed by atoms with Gasteiger partial charge in [-0.25, -0.2) is 4.98 Å². The maximum atomic E-state index is 10.5. The standard InChI is InChI=1S/C22H20N6OS2/c1-13(2)14-7-9-15(10-8-14)24-21-27-28-22(31-21)30-12-19(29)16(11-23)20-25-17-5-3-4-6-18(17)26-20/h3-10,13,29H,12H2,1-2H3,(H,24,27)(H,25,26). The number of para-hydroxylation sites is 2. The number of allylic oxidation sites excluding steroid dienone is 1. The van der Waals surface area contributed by atoms with Crippen molar-refractivity contribution in [3.63, 3.8) is 0 Å². The molecule has 0 unspecified atom stereocenters. The van der Waals surface area contributed by atoms with Crippen molar-refractivity contribution < 1.29 is 5.11 Å². The minimum atomic E-state index is -0.0551. The third-order valence-corrected chi connectivity index (χ3v) is 6.58. The zero-order chi connectivity index (χ0) is 21.8. The number of hydrogen-bond donors (Lipinski definition) is 3. The molecule has 0 atom stereocenters. The van der Waals surface area contributed by atoms with E-state index in [0.717, 1.165) is 16.7 Å². The molecule has 0 fully saturated rings. The van der Waals surface area contributed by atoms with E-state index in [4.69, 9.17) is 0 Å². The lowest BCUT2D eigenvalue weighted by Crippen LogP contribution is -1.95. The second-order valence-electron chi connectivity index (χ2n) is 7.10. The first-order chi connectivity index (χ1) is 15.0. The topological polar surface area (TPSA) is 111 Å². The van der Waals surface area contributed by atoms with E-state index < -0.39 is 0 Å². The number of imidazole rings is 1. The number of fused-ring (bicyclic) bond motifs is 1. The number of H-pyrrole nitrogens is 1. The monoisotopic (exact) mass is 448 g/mol. The van der Waals surface area contributed by atoms with Crippen molar-refractivity contribution in [2.45, 2.75) is 24.1 Å². The van der Waals surface area contributed by atoms with Crippen LogP contribution in [-0.2, 0) is 0 Å². The number of nitrogens with zero attached hydrogens (tertiary/aromatic N) is 4. The van der Waals surface area contributed by atoms with Crippen LogP contribution in [0.25, 0.3) is 16.6 Å². The van der Waals surface area contributed by atoms with Gasteiger partial charge < -0.3 is 15.4 Å². The average molecular weight is 449 g/mol. The highest BCUT2D eigenvalue weighted by molar-refractivity contribution is 8.01. The Morgan fingerprint density at radius 3 is 2.68 bits per heavy atom. The summed E-state index contributed by atoms with van der Waals surface area (Å²) in [7, 11) is 0. The molecular weight excluding hydrogens is 428 g/mol. The first kappa shape index (κ1) is 20.9. The van der Waals surface area contributed by atoms with E-state index in [-0.39, 0.29) is 17.1 Å². The third kappa shape index (κ3) is 4.87. The Bertz CT molecular complexity index is 1230. The zero-order valence-corrected chi connectivity index (χ0v) is 18.6. The van der Waals surface area contributed by atoms with Gasteiger partial charge in [0.25, 0.3) is 0 Å². The van der Waals surface area contributed by atoms with Gasteiger partial charge in [0.1, 0.15) is 17.4 Å². The lowest BCUT2D eigenvalue weighted by atomic mass is 10.0. The average Bonchev–Trinajstić information content (AvgIpc) is 3.39. The number of thioether (sulfide) groups is 1. The Kier molecular flexibility index (Phi) is 6.21. The van der Waals surface area contributed by atoms with Crippen molar-refractivity contribution in [2.75, 3.05) is 11.1 Å². The Morgan fingerprint density at radius 2 is 1.97 bits per heavy atom. The molecule has 9 heteroatoms. The van der Waals surface area contributed by atoms with E-state index in [1.807, 2.05) is 42.5 Å². The van der Waals surface area contributed by atoms with Crippen molar-refractivity contribution in [1.82, 2.24) is 20.2 Å². The van der Waals surface area contributed by atoms with Crippen LogP contribution in [0.2, 0.25) is 0 Å². The fraction of sp³-hybridized carbons (Fsp3) is 0.182. The number of rotatable bonds is 7. The molecule has 0 spiro atoms. The second-order valence-corrected chi connectivity index (χ2v) is 9.30. The first-order valence-corrected chi connectivity index (χ1v) is 11.4. The zero-order valence-electron chi connectivity index (χ0n) is 17.0. The van der Waals surface area contributed by atoms with Crippen LogP contribution in [0.1, 0.15) is 31.2 Å². The van der Waals surface area contributed by atoms with E-state index in [2.05, 4.69) is 51.5 Å². The summed E-state index contributed by atoms with van der Waals surface area (Å²) in [5.41, 5.74) is 3.89. The molecule has 0 aliphatic heterocycles. The quantitative estimate of drug-likeness (QED) is 0.184. The van der Waals surface area contributed by atoms with Gasteiger partial charge in [0, 0.05) is 5.69 Å². The van der Waals surface area contributed by atoms with Crippen LogP contribution < -0.4 is 5.32 Å². The van der Waals surface area contributed by atoms with Crippen LogP contribution in [0.3, 0.4) is 0 Å². The highest BCUT2D eigenvalue weighted by atomic mass is 32.2. The summed E-state index contributed by atoms with van der Waals surface area (Å²) in [6.45, 7) is 4.32. The van der Waals surface area contributed by atoms with E-state index in [0.29, 0.717) is 21.2 Å². The Labute approximate surface area is 187 Å². The largest absolute Gasteiger partial charge is 0.510 e. The predicted molar refractivity (Wildman–Crippen MR) is 126 cm³/mol. The van der Waals surface area contributed by atoms with Crippen molar-refractivity contribution >= 4 is 50.5 Å². The summed E-state index contributed by atoms with van der Waals surface area (Å²) in [5.74, 6) is 0.974. The molecule has 4 rings (SSSR count). The summed E-state index contributed by atoms with van der Waals surface area (Å²) in [4.78, 5) is 7.46. The van der Waals surface area contributed by atoms with Crippen LogP contribution in [-0.4, -0.2) is 31.0 Å². The number of anilines is 2. The van der Waals surface area contributed by atoms with Gasteiger partial charge >= 0.3 is 0 Å². The molecule has 0 amide bonds. The van der Waals surface area contributed by atoms with Gasteiger partial charge in [0.15, 0.2) is 10.2 Å². The molecule has 0 bridgehead atoms. The molecule has 2 heterocycles. The lowest BCUT2D eigenvalue weighted by Gasteiger charge is -2.06. The summed E-state index contributed by atoms with van der Waals surface area (Å²) in [6, 6.07) is 17.7. The molecule has 0 saturated carbocycles. The number of aromatic nitrogens is 4. The Hall–Kier alpha value is -3.35. The van der Waals surface area contributed by atoms with E-state index in [9.17, 15) is 10.4 Å².